The van der Waals surface area contributed by atoms with Crippen LogP contribution in [0.3, 0.4) is 0 Å². The zero-order valence-corrected chi connectivity index (χ0v) is 18.7. The van der Waals surface area contributed by atoms with E-state index in [1.54, 1.807) is 12.1 Å². The molecule has 3 N–H and O–H groups in total. The van der Waals surface area contributed by atoms with Gasteiger partial charge in [0, 0.05) is 0 Å². The van der Waals surface area contributed by atoms with Crippen LogP contribution in [-0.4, -0.2) is 41.8 Å². The molecule has 0 aliphatic heterocycles. The van der Waals surface area contributed by atoms with E-state index in [4.69, 9.17) is 9.84 Å². The maximum absolute atomic E-state index is 12.6. The first-order valence-electron chi connectivity index (χ1n) is 10.3. The van der Waals surface area contributed by atoms with Crippen LogP contribution in [0.2, 0.25) is 0 Å². The van der Waals surface area contributed by atoms with Crippen molar-refractivity contribution in [2.75, 3.05) is 6.61 Å². The van der Waals surface area contributed by atoms with Crippen LogP contribution in [-0.2, 0) is 9.59 Å². The molecule has 0 saturated heterocycles. The van der Waals surface area contributed by atoms with Gasteiger partial charge in [-0.15, -0.1) is 0 Å². The lowest BCUT2D eigenvalue weighted by molar-refractivity contribution is -0.130. The molecule has 2 aromatic carbocycles. The molecule has 0 radical (unpaired) electrons. The number of carbonyl (C=O) groups excluding carboxylic acids is 2. The minimum absolute atomic E-state index is 0.161. The number of benzene rings is 2. The van der Waals surface area contributed by atoms with Crippen molar-refractivity contribution < 1.29 is 24.2 Å². The molecule has 0 saturated carbocycles. The Morgan fingerprint density at radius 2 is 1.69 bits per heavy atom. The quantitative estimate of drug-likeness (QED) is 0.389. The average molecular weight is 440 g/mol. The number of carbonyl (C=O) groups is 3. The van der Waals surface area contributed by atoms with Crippen molar-refractivity contribution in [2.24, 2.45) is 11.0 Å². The van der Waals surface area contributed by atoms with Crippen molar-refractivity contribution in [1.82, 2.24) is 10.7 Å². The third kappa shape index (κ3) is 7.54. The van der Waals surface area contributed by atoms with Crippen LogP contribution in [0.15, 0.2) is 47.6 Å². The summed E-state index contributed by atoms with van der Waals surface area (Å²) < 4.78 is 5.67. The molecule has 0 aromatic heterocycles. The van der Waals surface area contributed by atoms with Crippen molar-refractivity contribution in [3.05, 3.63) is 64.7 Å². The smallest absolute Gasteiger partial charge is 0.335 e. The van der Waals surface area contributed by atoms with Crippen molar-refractivity contribution in [3.63, 3.8) is 0 Å². The van der Waals surface area contributed by atoms with Gasteiger partial charge in [-0.25, -0.2) is 10.2 Å². The molecular formula is C24H29N3O5. The van der Waals surface area contributed by atoms with E-state index in [1.807, 2.05) is 45.9 Å². The van der Waals surface area contributed by atoms with Crippen molar-refractivity contribution in [3.8, 4) is 5.75 Å². The number of hydrazone groups is 1. The van der Waals surface area contributed by atoms with Crippen LogP contribution in [0.25, 0.3) is 0 Å². The lowest BCUT2D eigenvalue weighted by Crippen LogP contribution is -2.47. The van der Waals surface area contributed by atoms with Crippen LogP contribution < -0.4 is 15.5 Å². The van der Waals surface area contributed by atoms with E-state index >= 15 is 0 Å². The Labute approximate surface area is 187 Å². The Balaban J connectivity index is 1.95. The van der Waals surface area contributed by atoms with Gasteiger partial charge in [-0.2, -0.15) is 5.10 Å². The van der Waals surface area contributed by atoms with Gasteiger partial charge >= 0.3 is 5.97 Å². The summed E-state index contributed by atoms with van der Waals surface area (Å²) in [7, 11) is 0. The number of rotatable bonds is 10. The van der Waals surface area contributed by atoms with Crippen LogP contribution in [0.5, 0.6) is 5.75 Å². The first-order valence-corrected chi connectivity index (χ1v) is 10.3. The number of nitrogens with zero attached hydrogens (tertiary/aromatic N) is 1. The fourth-order valence-electron chi connectivity index (χ4n) is 3.06. The van der Waals surface area contributed by atoms with Crippen molar-refractivity contribution in [2.45, 2.75) is 40.2 Å². The van der Waals surface area contributed by atoms with E-state index in [1.165, 1.54) is 18.3 Å². The summed E-state index contributed by atoms with van der Waals surface area (Å²) in [4.78, 5) is 35.9. The normalized spacial score (nSPS) is 11.9. The van der Waals surface area contributed by atoms with Crippen LogP contribution >= 0.6 is 0 Å². The van der Waals surface area contributed by atoms with Crippen molar-refractivity contribution in [1.29, 1.82) is 0 Å². The highest BCUT2D eigenvalue weighted by Crippen LogP contribution is 2.22. The second-order valence-corrected chi connectivity index (χ2v) is 7.92. The summed E-state index contributed by atoms with van der Waals surface area (Å²) in [6, 6.07) is 11.0. The van der Waals surface area contributed by atoms with E-state index in [0.717, 1.165) is 11.1 Å². The average Bonchev–Trinajstić information content (AvgIpc) is 2.73. The number of carboxylic acid groups (broad SMARTS) is 1. The number of carboxylic acids is 1. The zero-order chi connectivity index (χ0) is 23.7. The molecule has 0 fully saturated rings. The maximum Gasteiger partial charge on any atom is 0.335 e. The molecule has 2 rings (SSSR count). The number of ether oxygens (including phenoxy) is 1. The maximum atomic E-state index is 12.6. The lowest BCUT2D eigenvalue weighted by Gasteiger charge is -2.19. The van der Waals surface area contributed by atoms with Crippen molar-refractivity contribution >= 4 is 24.0 Å². The molecular weight excluding hydrogens is 410 g/mol. The number of hydrogen-bond donors (Lipinski definition) is 3. The summed E-state index contributed by atoms with van der Waals surface area (Å²) in [5.74, 6) is -1.04. The standard InChI is InChI=1S/C24H29N3O5/c1-15(2)12-20(26-21(28)14-32-22-16(3)6-5-7-17(22)4)23(29)27-25-13-18-8-10-19(11-9-18)24(30)31/h5-11,13,15,20H,12,14H2,1-4H3,(H,26,28)(H,27,29)(H,30,31)/b25-13-/t20-/m0/s1. The minimum Gasteiger partial charge on any atom is -0.483 e. The van der Waals surface area contributed by atoms with E-state index < -0.39 is 23.8 Å². The predicted molar refractivity (Wildman–Crippen MR) is 122 cm³/mol. The number of para-hydroxylation sites is 1. The lowest BCUT2D eigenvalue weighted by atomic mass is 10.0. The number of aryl methyl sites for hydroxylation is 2. The zero-order valence-electron chi connectivity index (χ0n) is 18.7. The molecule has 0 aliphatic carbocycles. The van der Waals surface area contributed by atoms with Gasteiger partial charge < -0.3 is 15.2 Å². The SMILES string of the molecule is Cc1cccc(C)c1OCC(=O)N[C@@H](CC(C)C)C(=O)N/N=C\c1ccc(C(=O)O)cc1. The molecule has 0 aliphatic rings. The molecule has 2 amide bonds. The molecule has 8 heteroatoms. The van der Waals surface area contributed by atoms with Gasteiger partial charge in [-0.05, 0) is 55.0 Å². The summed E-state index contributed by atoms with van der Waals surface area (Å²) in [6.07, 6.45) is 1.84. The minimum atomic E-state index is -1.02. The Morgan fingerprint density at radius 3 is 2.25 bits per heavy atom. The largest absolute Gasteiger partial charge is 0.483 e. The van der Waals surface area contributed by atoms with E-state index in [-0.39, 0.29) is 18.1 Å². The van der Waals surface area contributed by atoms with E-state index in [9.17, 15) is 14.4 Å². The number of nitrogens with one attached hydrogen (secondary N) is 2. The van der Waals surface area contributed by atoms with Crippen LogP contribution in [0.4, 0.5) is 0 Å². The first-order chi connectivity index (χ1) is 15.2. The van der Waals surface area contributed by atoms with Gasteiger partial charge in [0.05, 0.1) is 11.8 Å². The van der Waals surface area contributed by atoms with Crippen LogP contribution in [0, 0.1) is 19.8 Å². The topological polar surface area (TPSA) is 117 Å². The van der Waals surface area contributed by atoms with Gasteiger partial charge in [0.2, 0.25) is 0 Å². The van der Waals surface area contributed by atoms with Crippen LogP contribution in [0.1, 0.15) is 47.3 Å². The fourth-order valence-corrected chi connectivity index (χ4v) is 3.06. The second-order valence-electron chi connectivity index (χ2n) is 7.92. The molecule has 32 heavy (non-hydrogen) atoms. The summed E-state index contributed by atoms with van der Waals surface area (Å²) in [5.41, 5.74) is 5.08. The van der Waals surface area contributed by atoms with E-state index in [2.05, 4.69) is 15.8 Å². The molecule has 0 heterocycles. The second kappa shape index (κ2) is 11.6. The Kier molecular flexibility index (Phi) is 8.95. The van der Waals surface area contributed by atoms with Gasteiger partial charge in [0.15, 0.2) is 6.61 Å². The third-order valence-corrected chi connectivity index (χ3v) is 4.66. The Morgan fingerprint density at radius 1 is 1.06 bits per heavy atom. The number of hydrogen-bond acceptors (Lipinski definition) is 5. The van der Waals surface area contributed by atoms with Gasteiger partial charge in [0.1, 0.15) is 11.8 Å². The van der Waals surface area contributed by atoms with Gasteiger partial charge in [0.25, 0.3) is 11.8 Å². The Bertz CT molecular complexity index is 963. The Hall–Kier alpha value is -3.68. The summed E-state index contributed by atoms with van der Waals surface area (Å²) in [6.45, 7) is 7.51. The van der Waals surface area contributed by atoms with Gasteiger partial charge in [-0.1, -0.05) is 44.2 Å². The molecule has 170 valence electrons. The molecule has 0 spiro atoms. The fraction of sp³-hybridized carbons (Fsp3) is 0.333. The molecule has 0 bridgehead atoms. The molecule has 1 atom stereocenters. The molecule has 2 aromatic rings. The molecule has 0 unspecified atom stereocenters. The third-order valence-electron chi connectivity index (χ3n) is 4.66. The predicted octanol–water partition coefficient (Wildman–Crippen LogP) is 3.06. The number of amides is 2. The van der Waals surface area contributed by atoms with E-state index in [0.29, 0.717) is 17.7 Å². The highest BCUT2D eigenvalue weighted by atomic mass is 16.5. The summed E-state index contributed by atoms with van der Waals surface area (Å²) >= 11 is 0. The summed E-state index contributed by atoms with van der Waals surface area (Å²) in [5, 5.41) is 15.5. The van der Waals surface area contributed by atoms with Gasteiger partial charge in [-0.3, -0.25) is 9.59 Å². The molecule has 8 nitrogen and oxygen atoms in total. The monoisotopic (exact) mass is 439 g/mol. The highest BCUT2D eigenvalue weighted by molar-refractivity contribution is 5.90. The highest BCUT2D eigenvalue weighted by Gasteiger charge is 2.22. The first kappa shape index (κ1) is 24.6. The number of aromatic carboxylic acids is 1.